The lowest BCUT2D eigenvalue weighted by molar-refractivity contribution is 0.0137. The molecule has 0 bridgehead atoms. The summed E-state index contributed by atoms with van der Waals surface area (Å²) < 4.78 is 38.8. The maximum absolute atomic E-state index is 13.1. The second-order valence-corrected chi connectivity index (χ2v) is 14.9. The van der Waals surface area contributed by atoms with Gasteiger partial charge in [-0.1, -0.05) is 37.4 Å². The zero-order chi connectivity index (χ0) is 21.0. The maximum atomic E-state index is 13.1. The molecule has 0 saturated carbocycles. The van der Waals surface area contributed by atoms with Crippen LogP contribution in [0.4, 0.5) is 4.79 Å². The SMILES string of the molecule is C=CCN(O[Si](C)(C)C(C)(C)C)S(=O)(=O)N(CC=C)C(=O)OC(C)(C)C. The predicted octanol–water partition coefficient (Wildman–Crippen LogP) is 4.08. The standard InChI is InChI=1S/C17H34N2O5SSi/c1-11-13-18(15(20)23-16(3,4)5)25(21,22)19(14-12-2)24-26(9,10)17(6,7)8/h11-12H,1-2,13-14H2,3-10H3. The fraction of sp³-hybridized carbons (Fsp3) is 0.706. The molecule has 26 heavy (non-hydrogen) atoms. The van der Waals surface area contributed by atoms with Gasteiger partial charge in [-0.3, -0.25) is 0 Å². The van der Waals surface area contributed by atoms with Gasteiger partial charge in [0.2, 0.25) is 8.32 Å². The van der Waals surface area contributed by atoms with Crippen LogP contribution < -0.4 is 0 Å². The Morgan fingerprint density at radius 3 is 1.85 bits per heavy atom. The lowest BCUT2D eigenvalue weighted by Gasteiger charge is -2.40. The second kappa shape index (κ2) is 8.68. The summed E-state index contributed by atoms with van der Waals surface area (Å²) in [7, 11) is -6.76. The van der Waals surface area contributed by atoms with E-state index in [0.29, 0.717) is 4.31 Å². The van der Waals surface area contributed by atoms with E-state index in [0.717, 1.165) is 4.47 Å². The Morgan fingerprint density at radius 2 is 1.50 bits per heavy atom. The molecule has 0 aromatic carbocycles. The lowest BCUT2D eigenvalue weighted by Crippen LogP contribution is -2.54. The van der Waals surface area contributed by atoms with Crippen LogP contribution in [0.3, 0.4) is 0 Å². The summed E-state index contributed by atoms with van der Waals surface area (Å²) in [4.78, 5) is 12.4. The van der Waals surface area contributed by atoms with Crippen molar-refractivity contribution in [3.8, 4) is 0 Å². The minimum atomic E-state index is -4.29. The third-order valence-electron chi connectivity index (χ3n) is 3.84. The first-order valence-electron chi connectivity index (χ1n) is 8.44. The van der Waals surface area contributed by atoms with E-state index in [4.69, 9.17) is 9.26 Å². The van der Waals surface area contributed by atoms with Gasteiger partial charge in [-0.15, -0.1) is 13.2 Å². The molecule has 0 N–H and O–H groups in total. The quantitative estimate of drug-likeness (QED) is 0.345. The molecule has 0 aliphatic rings. The molecular formula is C17H34N2O5SSi. The minimum Gasteiger partial charge on any atom is -0.443 e. The average Bonchev–Trinajstić information content (AvgIpc) is 2.40. The van der Waals surface area contributed by atoms with Gasteiger partial charge in [0.05, 0.1) is 13.1 Å². The highest BCUT2D eigenvalue weighted by Gasteiger charge is 2.44. The minimum absolute atomic E-state index is 0.0920. The van der Waals surface area contributed by atoms with Crippen LogP contribution in [0.2, 0.25) is 18.1 Å². The Kier molecular flexibility index (Phi) is 8.29. The van der Waals surface area contributed by atoms with Crippen LogP contribution in [0.5, 0.6) is 0 Å². The zero-order valence-corrected chi connectivity index (χ0v) is 19.1. The molecule has 0 fully saturated rings. The van der Waals surface area contributed by atoms with Gasteiger partial charge in [0.15, 0.2) is 0 Å². The maximum Gasteiger partial charge on any atom is 0.425 e. The molecule has 0 unspecified atom stereocenters. The molecule has 9 heteroatoms. The highest BCUT2D eigenvalue weighted by molar-refractivity contribution is 7.87. The van der Waals surface area contributed by atoms with Crippen molar-refractivity contribution in [2.45, 2.75) is 65.3 Å². The second-order valence-electron chi connectivity index (χ2n) is 8.43. The van der Waals surface area contributed by atoms with Crippen molar-refractivity contribution in [1.82, 2.24) is 8.77 Å². The number of rotatable bonds is 8. The Bertz CT molecular complexity index is 618. The normalized spacial score (nSPS) is 13.4. The Balaban J connectivity index is 5.91. The number of nitrogens with zero attached hydrogens (tertiary/aromatic N) is 2. The van der Waals surface area contributed by atoms with Crippen molar-refractivity contribution >= 4 is 24.6 Å². The first-order valence-corrected chi connectivity index (χ1v) is 12.7. The molecule has 0 aromatic rings. The summed E-state index contributed by atoms with van der Waals surface area (Å²) in [6.07, 6.45) is 1.75. The van der Waals surface area contributed by atoms with E-state index in [9.17, 15) is 13.2 Å². The first kappa shape index (κ1) is 24.8. The summed E-state index contributed by atoms with van der Waals surface area (Å²) >= 11 is 0. The number of hydrogen-bond donors (Lipinski definition) is 0. The van der Waals surface area contributed by atoms with Gasteiger partial charge in [0, 0.05) is 0 Å². The molecule has 0 saturated heterocycles. The molecular weight excluding hydrogens is 372 g/mol. The number of carbonyl (C=O) groups is 1. The van der Waals surface area contributed by atoms with Crippen LogP contribution in [-0.2, 0) is 19.5 Å². The van der Waals surface area contributed by atoms with Gasteiger partial charge in [-0.25, -0.2) is 4.79 Å². The van der Waals surface area contributed by atoms with Gasteiger partial charge in [0.1, 0.15) is 5.60 Å². The van der Waals surface area contributed by atoms with Crippen LogP contribution in [-0.4, -0.2) is 50.3 Å². The Morgan fingerprint density at radius 1 is 1.04 bits per heavy atom. The monoisotopic (exact) mass is 406 g/mol. The fourth-order valence-electron chi connectivity index (χ4n) is 1.48. The third kappa shape index (κ3) is 6.86. The molecule has 0 aromatic heterocycles. The smallest absolute Gasteiger partial charge is 0.425 e. The van der Waals surface area contributed by atoms with Gasteiger partial charge in [0.25, 0.3) is 0 Å². The van der Waals surface area contributed by atoms with Gasteiger partial charge in [-0.2, -0.15) is 12.7 Å². The van der Waals surface area contributed by atoms with E-state index in [1.807, 2.05) is 33.9 Å². The summed E-state index contributed by atoms with van der Waals surface area (Å²) in [6.45, 7) is 21.6. The zero-order valence-electron chi connectivity index (χ0n) is 17.3. The predicted molar refractivity (Wildman–Crippen MR) is 107 cm³/mol. The largest absolute Gasteiger partial charge is 0.443 e. The first-order chi connectivity index (χ1) is 11.5. The van der Waals surface area contributed by atoms with Gasteiger partial charge in [-0.05, 0) is 38.9 Å². The number of hydroxylamine groups is 1. The van der Waals surface area contributed by atoms with Crippen LogP contribution in [0.25, 0.3) is 0 Å². The molecule has 0 heterocycles. The number of ether oxygens (including phenoxy) is 1. The molecule has 152 valence electrons. The number of amides is 1. The lowest BCUT2D eigenvalue weighted by atomic mass is 10.2. The fourth-order valence-corrected chi connectivity index (χ4v) is 4.30. The summed E-state index contributed by atoms with van der Waals surface area (Å²) in [6, 6.07) is 0. The molecule has 0 aliphatic heterocycles. The van der Waals surface area contributed by atoms with Gasteiger partial charge < -0.3 is 9.26 Å². The van der Waals surface area contributed by atoms with Crippen molar-refractivity contribution in [3.05, 3.63) is 25.3 Å². The van der Waals surface area contributed by atoms with Crippen molar-refractivity contribution in [2.24, 2.45) is 0 Å². The van der Waals surface area contributed by atoms with Crippen molar-refractivity contribution in [2.75, 3.05) is 13.1 Å². The molecule has 0 spiro atoms. The number of hydrogen-bond acceptors (Lipinski definition) is 5. The summed E-state index contributed by atoms with van der Waals surface area (Å²) in [5.41, 5.74) is -0.838. The summed E-state index contributed by atoms with van der Waals surface area (Å²) in [5, 5.41) is -0.225. The molecule has 0 atom stereocenters. The Hall–Kier alpha value is -1.16. The van der Waals surface area contributed by atoms with Gasteiger partial charge >= 0.3 is 16.3 Å². The van der Waals surface area contributed by atoms with E-state index in [2.05, 4.69) is 13.2 Å². The summed E-state index contributed by atoms with van der Waals surface area (Å²) in [5.74, 6) is 0. The Labute approximate surface area is 159 Å². The van der Waals surface area contributed by atoms with E-state index in [1.54, 1.807) is 20.8 Å². The van der Waals surface area contributed by atoms with Crippen LogP contribution >= 0.6 is 0 Å². The van der Waals surface area contributed by atoms with E-state index in [-0.39, 0.29) is 18.1 Å². The third-order valence-corrected chi connectivity index (χ3v) is 9.86. The molecule has 0 rings (SSSR count). The average molecular weight is 407 g/mol. The highest BCUT2D eigenvalue weighted by atomic mass is 32.2. The van der Waals surface area contributed by atoms with Crippen LogP contribution in [0, 0.1) is 0 Å². The molecule has 7 nitrogen and oxygen atoms in total. The molecule has 1 amide bonds. The van der Waals surface area contributed by atoms with Crippen molar-refractivity contribution < 1.29 is 22.5 Å². The van der Waals surface area contributed by atoms with E-state index < -0.39 is 30.2 Å². The van der Waals surface area contributed by atoms with Crippen molar-refractivity contribution in [1.29, 1.82) is 0 Å². The van der Waals surface area contributed by atoms with E-state index in [1.165, 1.54) is 12.2 Å². The molecule has 0 aliphatic carbocycles. The topological polar surface area (TPSA) is 76.2 Å². The highest BCUT2D eigenvalue weighted by Crippen LogP contribution is 2.37. The van der Waals surface area contributed by atoms with Crippen LogP contribution in [0.1, 0.15) is 41.5 Å². The van der Waals surface area contributed by atoms with E-state index >= 15 is 0 Å². The number of carbonyl (C=O) groups excluding carboxylic acids is 1. The molecule has 0 radical (unpaired) electrons. The van der Waals surface area contributed by atoms with Crippen molar-refractivity contribution in [3.63, 3.8) is 0 Å². The van der Waals surface area contributed by atoms with Crippen LogP contribution in [0.15, 0.2) is 25.3 Å².